The summed E-state index contributed by atoms with van der Waals surface area (Å²) in [5.74, 6) is 0.346. The largest absolute Gasteiger partial charge is 0.272 e. The Morgan fingerprint density at radius 3 is 2.00 bits per heavy atom. The predicted molar refractivity (Wildman–Crippen MR) is 57.0 cm³/mol. The summed E-state index contributed by atoms with van der Waals surface area (Å²) in [5, 5.41) is 0. The number of imide groups is 1. The molecule has 0 aromatic heterocycles. The Bertz CT molecular complexity index is 314. The van der Waals surface area contributed by atoms with Gasteiger partial charge in [0.1, 0.15) is 0 Å². The van der Waals surface area contributed by atoms with Crippen LogP contribution in [0, 0.1) is 11.3 Å². The van der Waals surface area contributed by atoms with Gasteiger partial charge in [-0.15, -0.1) is 0 Å². The molecular weight excluding hydrogens is 190 g/mol. The van der Waals surface area contributed by atoms with Crippen LogP contribution >= 0.6 is 0 Å². The third kappa shape index (κ3) is 1.71. The molecule has 0 bridgehead atoms. The van der Waals surface area contributed by atoms with Gasteiger partial charge in [-0.05, 0) is 24.2 Å². The van der Waals surface area contributed by atoms with E-state index in [1.54, 1.807) is 0 Å². The zero-order valence-electron chi connectivity index (χ0n) is 9.49. The van der Waals surface area contributed by atoms with Crippen molar-refractivity contribution in [2.24, 2.45) is 11.3 Å². The van der Waals surface area contributed by atoms with Gasteiger partial charge in [-0.2, -0.15) is 0 Å². The lowest BCUT2D eigenvalue weighted by molar-refractivity contribution is -0.143. The molecular formula is C12H17NO2. The van der Waals surface area contributed by atoms with Crippen molar-refractivity contribution in [1.29, 1.82) is 0 Å². The zero-order chi connectivity index (χ0) is 11.2. The summed E-state index contributed by atoms with van der Waals surface area (Å²) in [6.45, 7) is 6.62. The first-order valence-electron chi connectivity index (χ1n) is 5.45. The lowest BCUT2D eigenvalue weighted by Gasteiger charge is -2.46. The summed E-state index contributed by atoms with van der Waals surface area (Å²) < 4.78 is 0. The first-order valence-corrected chi connectivity index (χ1v) is 5.45. The van der Waals surface area contributed by atoms with Crippen LogP contribution in [0.1, 0.15) is 33.6 Å². The van der Waals surface area contributed by atoms with E-state index in [4.69, 9.17) is 0 Å². The number of carbonyl (C=O) groups is 2. The van der Waals surface area contributed by atoms with Crippen molar-refractivity contribution in [3.8, 4) is 0 Å². The average Bonchev–Trinajstić information content (AvgIpc) is 2.29. The molecule has 0 N–H and O–H groups in total. The second kappa shape index (κ2) is 3.19. The summed E-state index contributed by atoms with van der Waals surface area (Å²) in [7, 11) is 0. The van der Waals surface area contributed by atoms with Crippen molar-refractivity contribution in [2.45, 2.75) is 39.7 Å². The van der Waals surface area contributed by atoms with Gasteiger partial charge in [0.15, 0.2) is 0 Å². The molecule has 82 valence electrons. The Labute approximate surface area is 90.1 Å². The molecule has 0 saturated heterocycles. The minimum absolute atomic E-state index is 0.141. The Hall–Kier alpha value is -1.12. The van der Waals surface area contributed by atoms with E-state index in [0.29, 0.717) is 5.92 Å². The molecule has 2 amide bonds. The van der Waals surface area contributed by atoms with Crippen molar-refractivity contribution < 1.29 is 9.59 Å². The molecule has 1 fully saturated rings. The summed E-state index contributed by atoms with van der Waals surface area (Å²) in [4.78, 5) is 24.2. The van der Waals surface area contributed by atoms with Gasteiger partial charge >= 0.3 is 0 Å². The van der Waals surface area contributed by atoms with Crippen LogP contribution in [0.5, 0.6) is 0 Å². The quantitative estimate of drug-likeness (QED) is 0.614. The standard InChI is InChI=1S/C12H17NO2/c1-12(2,3)8-6-9(7-8)13-10(14)4-5-11(13)15/h4-5,8-9H,6-7H2,1-3H3. The third-order valence-corrected chi connectivity index (χ3v) is 3.55. The van der Waals surface area contributed by atoms with Crippen molar-refractivity contribution in [2.75, 3.05) is 0 Å². The zero-order valence-corrected chi connectivity index (χ0v) is 9.49. The lowest BCUT2D eigenvalue weighted by Crippen LogP contribution is -2.50. The fourth-order valence-electron chi connectivity index (χ4n) is 2.28. The van der Waals surface area contributed by atoms with Gasteiger partial charge in [0, 0.05) is 18.2 Å². The van der Waals surface area contributed by atoms with Crippen molar-refractivity contribution in [1.82, 2.24) is 4.90 Å². The van der Waals surface area contributed by atoms with Crippen molar-refractivity contribution in [3.05, 3.63) is 12.2 Å². The first-order chi connectivity index (χ1) is 6.89. The number of amides is 2. The molecule has 1 aliphatic heterocycles. The van der Waals surface area contributed by atoms with E-state index in [-0.39, 0.29) is 23.3 Å². The maximum atomic E-state index is 11.4. The van der Waals surface area contributed by atoms with E-state index in [1.807, 2.05) is 0 Å². The molecule has 15 heavy (non-hydrogen) atoms. The van der Waals surface area contributed by atoms with Crippen LogP contribution in [0.15, 0.2) is 12.2 Å². The van der Waals surface area contributed by atoms with E-state index in [1.165, 1.54) is 17.1 Å². The van der Waals surface area contributed by atoms with Crippen LogP contribution < -0.4 is 0 Å². The topological polar surface area (TPSA) is 37.4 Å². The summed E-state index contributed by atoms with van der Waals surface area (Å²) >= 11 is 0. The van der Waals surface area contributed by atoms with Gasteiger partial charge in [0.25, 0.3) is 11.8 Å². The van der Waals surface area contributed by atoms with Crippen molar-refractivity contribution >= 4 is 11.8 Å². The highest BCUT2D eigenvalue weighted by molar-refractivity contribution is 6.13. The molecule has 3 heteroatoms. The molecule has 0 aromatic rings. The molecule has 2 aliphatic rings. The normalized spacial score (nSPS) is 31.0. The Morgan fingerprint density at radius 1 is 1.13 bits per heavy atom. The number of hydrogen-bond acceptors (Lipinski definition) is 2. The fraction of sp³-hybridized carbons (Fsp3) is 0.667. The highest BCUT2D eigenvalue weighted by Crippen LogP contribution is 2.44. The summed E-state index contributed by atoms with van der Waals surface area (Å²) in [5.41, 5.74) is 0.287. The van der Waals surface area contributed by atoms with Gasteiger partial charge in [0.2, 0.25) is 0 Å². The smallest absolute Gasteiger partial charge is 0.253 e. The van der Waals surface area contributed by atoms with Crippen LogP contribution in [0.3, 0.4) is 0 Å². The van der Waals surface area contributed by atoms with E-state index >= 15 is 0 Å². The highest BCUT2D eigenvalue weighted by Gasteiger charge is 2.43. The molecule has 1 heterocycles. The maximum absolute atomic E-state index is 11.4. The number of hydrogen-bond donors (Lipinski definition) is 0. The molecule has 0 aromatic carbocycles. The van der Waals surface area contributed by atoms with Crippen LogP contribution in [0.4, 0.5) is 0 Å². The number of carbonyl (C=O) groups excluding carboxylic acids is 2. The van der Waals surface area contributed by atoms with Gasteiger partial charge in [-0.3, -0.25) is 14.5 Å². The second-order valence-electron chi connectivity index (χ2n) is 5.57. The maximum Gasteiger partial charge on any atom is 0.253 e. The Morgan fingerprint density at radius 2 is 1.60 bits per heavy atom. The van der Waals surface area contributed by atoms with Gasteiger partial charge in [0.05, 0.1) is 0 Å². The van der Waals surface area contributed by atoms with Gasteiger partial charge in [-0.25, -0.2) is 0 Å². The summed E-state index contributed by atoms with van der Waals surface area (Å²) in [6, 6.07) is 0.143. The molecule has 3 nitrogen and oxygen atoms in total. The number of rotatable bonds is 1. The van der Waals surface area contributed by atoms with E-state index < -0.39 is 0 Å². The van der Waals surface area contributed by atoms with Gasteiger partial charge in [-0.1, -0.05) is 20.8 Å². The SMILES string of the molecule is CC(C)(C)C1CC(N2C(=O)C=CC2=O)C1. The van der Waals surface area contributed by atoms with Crippen LogP contribution in [0.2, 0.25) is 0 Å². The Kier molecular flexibility index (Phi) is 2.21. The molecule has 0 spiro atoms. The molecule has 0 radical (unpaired) electrons. The van der Waals surface area contributed by atoms with Crippen LogP contribution in [0.25, 0.3) is 0 Å². The first kappa shape index (κ1) is 10.4. The monoisotopic (exact) mass is 207 g/mol. The fourth-order valence-corrected chi connectivity index (χ4v) is 2.28. The van der Waals surface area contributed by atoms with Crippen LogP contribution in [-0.2, 0) is 9.59 Å². The second-order valence-corrected chi connectivity index (χ2v) is 5.57. The summed E-state index contributed by atoms with van der Waals surface area (Å²) in [6.07, 6.45) is 4.66. The van der Waals surface area contributed by atoms with Gasteiger partial charge < -0.3 is 0 Å². The highest BCUT2D eigenvalue weighted by atomic mass is 16.2. The molecule has 1 saturated carbocycles. The predicted octanol–water partition coefficient (Wildman–Crippen LogP) is 1.74. The van der Waals surface area contributed by atoms with Crippen molar-refractivity contribution in [3.63, 3.8) is 0 Å². The number of nitrogens with zero attached hydrogens (tertiary/aromatic N) is 1. The Balaban J connectivity index is 1.96. The minimum Gasteiger partial charge on any atom is -0.272 e. The van der Waals surface area contributed by atoms with Crippen LogP contribution in [-0.4, -0.2) is 22.8 Å². The third-order valence-electron chi connectivity index (χ3n) is 3.55. The van der Waals surface area contributed by atoms with E-state index in [2.05, 4.69) is 20.8 Å². The molecule has 0 unspecified atom stereocenters. The van der Waals surface area contributed by atoms with E-state index in [0.717, 1.165) is 12.8 Å². The molecule has 1 aliphatic carbocycles. The minimum atomic E-state index is -0.141. The molecule has 0 atom stereocenters. The lowest BCUT2D eigenvalue weighted by atomic mass is 9.65. The van der Waals surface area contributed by atoms with E-state index in [9.17, 15) is 9.59 Å². The molecule has 2 rings (SSSR count). The average molecular weight is 207 g/mol.